The molecule has 2 bridgehead atoms. The van der Waals surface area contributed by atoms with Crippen LogP contribution in [0, 0.1) is 5.92 Å². The highest BCUT2D eigenvalue weighted by atomic mass is 19.4. The number of carbonyl (C=O) groups excluding carboxylic acids is 1. The first kappa shape index (κ1) is 24.5. The van der Waals surface area contributed by atoms with Gasteiger partial charge in [0.1, 0.15) is 11.4 Å². The minimum absolute atomic E-state index is 0.0343. The summed E-state index contributed by atoms with van der Waals surface area (Å²) in [5, 5.41) is 9.44. The Hall–Kier alpha value is -2.18. The molecule has 1 aromatic rings. The minimum atomic E-state index is -4.55. The average molecular weight is 498 g/mol. The van der Waals surface area contributed by atoms with Crippen LogP contribution in [0.1, 0.15) is 37.7 Å². The van der Waals surface area contributed by atoms with Crippen molar-refractivity contribution in [1.29, 1.82) is 0 Å². The number of aromatic nitrogens is 2. The molecule has 3 saturated heterocycles. The monoisotopic (exact) mass is 497 g/mol. The number of nitrogens with zero attached hydrogens (tertiary/aromatic N) is 4. The molecule has 4 fully saturated rings. The lowest BCUT2D eigenvalue weighted by Crippen LogP contribution is -2.40. The van der Waals surface area contributed by atoms with Crippen LogP contribution in [0.3, 0.4) is 0 Å². The van der Waals surface area contributed by atoms with Gasteiger partial charge in [-0.1, -0.05) is 0 Å². The van der Waals surface area contributed by atoms with Crippen molar-refractivity contribution < 1.29 is 22.7 Å². The molecule has 0 aromatic carbocycles. The second-order valence-electron chi connectivity index (χ2n) is 10.1. The molecule has 1 aromatic heterocycles. The predicted octanol–water partition coefficient (Wildman–Crippen LogP) is 1.78. The smallest absolute Gasteiger partial charge is 0.379 e. The number of alkyl halides is 3. The molecule has 12 heteroatoms. The van der Waals surface area contributed by atoms with Crippen molar-refractivity contribution in [3.05, 3.63) is 11.8 Å². The fourth-order valence-corrected chi connectivity index (χ4v) is 5.31. The number of morpholine rings is 1. The molecule has 2 atom stereocenters. The van der Waals surface area contributed by atoms with Gasteiger partial charge in [0.05, 0.1) is 19.1 Å². The van der Waals surface area contributed by atoms with Gasteiger partial charge in [0, 0.05) is 63.6 Å². The molecule has 9 nitrogen and oxygen atoms in total. The van der Waals surface area contributed by atoms with Gasteiger partial charge in [-0.2, -0.15) is 18.2 Å². The summed E-state index contributed by atoms with van der Waals surface area (Å²) in [5.41, 5.74) is -1.03. The number of ether oxygens (including phenoxy) is 1. The number of halogens is 3. The number of hydrogen-bond acceptors (Lipinski definition) is 8. The summed E-state index contributed by atoms with van der Waals surface area (Å²) in [4.78, 5) is 24.9. The molecular weight excluding hydrogens is 463 g/mol. The van der Waals surface area contributed by atoms with Crippen LogP contribution in [0.5, 0.6) is 0 Å². The number of likely N-dealkylation sites (tertiary alicyclic amines) is 1. The van der Waals surface area contributed by atoms with Crippen LogP contribution in [0.25, 0.3) is 0 Å². The largest absolute Gasteiger partial charge is 0.421 e. The molecule has 3 N–H and O–H groups in total. The Balaban J connectivity index is 1.17. The molecule has 1 aliphatic carbocycles. The summed E-state index contributed by atoms with van der Waals surface area (Å²) < 4.78 is 46.2. The molecule has 194 valence electrons. The number of nitrogens with one attached hydrogen (secondary N) is 3. The maximum atomic E-state index is 13.6. The SMILES string of the molecule is O=C1C2CNCC(C2)N1CCCNc1nc(NC2(CCN3CCOCC3)CC2)ncc1C(F)(F)F. The van der Waals surface area contributed by atoms with Crippen molar-refractivity contribution >= 4 is 17.7 Å². The van der Waals surface area contributed by atoms with Gasteiger partial charge < -0.3 is 25.6 Å². The Morgan fingerprint density at radius 2 is 2.00 bits per heavy atom. The Bertz CT molecular complexity index is 906. The Labute approximate surface area is 203 Å². The van der Waals surface area contributed by atoms with E-state index in [4.69, 9.17) is 4.74 Å². The second-order valence-corrected chi connectivity index (χ2v) is 10.1. The Morgan fingerprint density at radius 1 is 1.20 bits per heavy atom. The summed E-state index contributed by atoms with van der Waals surface area (Å²) >= 11 is 0. The van der Waals surface area contributed by atoms with E-state index in [1.165, 1.54) is 0 Å². The number of piperidine rings is 1. The van der Waals surface area contributed by atoms with Gasteiger partial charge in [0.15, 0.2) is 0 Å². The highest BCUT2D eigenvalue weighted by Crippen LogP contribution is 2.42. The summed E-state index contributed by atoms with van der Waals surface area (Å²) in [5.74, 6) is 0.185. The number of anilines is 2. The highest BCUT2D eigenvalue weighted by molar-refractivity contribution is 5.82. The van der Waals surface area contributed by atoms with Crippen molar-refractivity contribution in [3.63, 3.8) is 0 Å². The number of fused-ring (bicyclic) bond motifs is 2. The van der Waals surface area contributed by atoms with Gasteiger partial charge in [0.2, 0.25) is 11.9 Å². The molecule has 0 spiro atoms. The van der Waals surface area contributed by atoms with Crippen LogP contribution in [-0.4, -0.2) is 96.3 Å². The predicted molar refractivity (Wildman–Crippen MR) is 124 cm³/mol. The number of amides is 1. The zero-order valence-corrected chi connectivity index (χ0v) is 19.9. The van der Waals surface area contributed by atoms with Crippen molar-refractivity contribution in [2.45, 2.75) is 49.9 Å². The van der Waals surface area contributed by atoms with E-state index in [0.29, 0.717) is 19.5 Å². The third-order valence-electron chi connectivity index (χ3n) is 7.60. The fourth-order valence-electron chi connectivity index (χ4n) is 5.31. The molecule has 3 aliphatic heterocycles. The van der Waals surface area contributed by atoms with Crippen molar-refractivity contribution in [1.82, 2.24) is 25.1 Å². The second kappa shape index (κ2) is 10.1. The zero-order chi connectivity index (χ0) is 24.5. The van der Waals surface area contributed by atoms with Crippen molar-refractivity contribution in [2.75, 3.05) is 69.7 Å². The van der Waals surface area contributed by atoms with Gasteiger partial charge in [-0.15, -0.1) is 0 Å². The molecule has 4 aliphatic rings. The van der Waals surface area contributed by atoms with Crippen LogP contribution in [-0.2, 0) is 15.7 Å². The third-order valence-corrected chi connectivity index (χ3v) is 7.60. The van der Waals surface area contributed by atoms with Gasteiger partial charge in [0.25, 0.3) is 0 Å². The lowest BCUT2D eigenvalue weighted by atomic mass is 10.0. The quantitative estimate of drug-likeness (QED) is 0.422. The molecule has 4 heterocycles. The summed E-state index contributed by atoms with van der Waals surface area (Å²) in [7, 11) is 0. The number of rotatable bonds is 10. The maximum Gasteiger partial charge on any atom is 0.421 e. The molecule has 0 radical (unpaired) electrons. The number of carbonyl (C=O) groups is 1. The van der Waals surface area contributed by atoms with Gasteiger partial charge in [-0.25, -0.2) is 4.98 Å². The van der Waals surface area contributed by atoms with Gasteiger partial charge in [-0.3, -0.25) is 9.69 Å². The lowest BCUT2D eigenvalue weighted by Gasteiger charge is -2.28. The molecule has 1 saturated carbocycles. The molecule has 5 rings (SSSR count). The first-order valence-electron chi connectivity index (χ1n) is 12.6. The molecule has 2 unspecified atom stereocenters. The number of hydrogen-bond donors (Lipinski definition) is 3. The minimum Gasteiger partial charge on any atom is -0.379 e. The standard InChI is InChI=1S/C23H34F3N7O2/c24-23(25,26)18-15-29-21(31-22(2-3-22)4-7-32-8-10-35-11-9-32)30-19(18)28-5-1-6-33-17-12-16(20(33)34)13-27-14-17/h15-17,27H,1-14H2,(H2,28,29,30,31). The van der Waals surface area contributed by atoms with E-state index in [0.717, 1.165) is 71.3 Å². The first-order chi connectivity index (χ1) is 16.8. The zero-order valence-electron chi connectivity index (χ0n) is 19.9. The Kier molecular flexibility index (Phi) is 7.04. The fraction of sp³-hybridized carbons (Fsp3) is 0.783. The van der Waals surface area contributed by atoms with Crippen LogP contribution >= 0.6 is 0 Å². The molecule has 35 heavy (non-hydrogen) atoms. The highest BCUT2D eigenvalue weighted by Gasteiger charge is 2.44. The normalized spacial score (nSPS) is 26.1. The van der Waals surface area contributed by atoms with Crippen LogP contribution in [0.2, 0.25) is 0 Å². The maximum absolute atomic E-state index is 13.6. The third kappa shape index (κ3) is 5.80. The van der Waals surface area contributed by atoms with E-state index in [-0.39, 0.29) is 41.7 Å². The summed E-state index contributed by atoms with van der Waals surface area (Å²) in [6.45, 7) is 6.50. The van der Waals surface area contributed by atoms with Gasteiger partial charge >= 0.3 is 6.18 Å². The van der Waals surface area contributed by atoms with Crippen LogP contribution in [0.4, 0.5) is 24.9 Å². The van der Waals surface area contributed by atoms with Crippen LogP contribution < -0.4 is 16.0 Å². The van der Waals surface area contributed by atoms with E-state index in [1.54, 1.807) is 0 Å². The van der Waals surface area contributed by atoms with Crippen molar-refractivity contribution in [2.24, 2.45) is 5.92 Å². The van der Waals surface area contributed by atoms with Crippen molar-refractivity contribution in [3.8, 4) is 0 Å². The van der Waals surface area contributed by atoms with E-state index < -0.39 is 11.7 Å². The summed E-state index contributed by atoms with van der Waals surface area (Å²) in [6, 6.07) is 0.189. The molecule has 1 amide bonds. The lowest BCUT2D eigenvalue weighted by molar-refractivity contribution is -0.137. The van der Waals surface area contributed by atoms with E-state index >= 15 is 0 Å². The van der Waals surface area contributed by atoms with E-state index in [1.807, 2.05) is 4.90 Å². The van der Waals surface area contributed by atoms with Crippen LogP contribution in [0.15, 0.2) is 6.20 Å². The van der Waals surface area contributed by atoms with E-state index in [9.17, 15) is 18.0 Å². The average Bonchev–Trinajstić information content (AvgIpc) is 3.58. The topological polar surface area (TPSA) is 94.7 Å². The van der Waals surface area contributed by atoms with E-state index in [2.05, 4.69) is 30.8 Å². The summed E-state index contributed by atoms with van der Waals surface area (Å²) in [6.07, 6.45) is 0.503. The first-order valence-corrected chi connectivity index (χ1v) is 12.6. The molecular formula is C23H34F3N7O2. The van der Waals surface area contributed by atoms with Gasteiger partial charge in [-0.05, 0) is 32.1 Å². The Morgan fingerprint density at radius 3 is 2.71 bits per heavy atom.